The first kappa shape index (κ1) is 16.2. The Hall–Kier alpha value is -1.14. The maximum absolute atomic E-state index is 12.4. The summed E-state index contributed by atoms with van der Waals surface area (Å²) < 4.78 is 0. The summed E-state index contributed by atoms with van der Waals surface area (Å²) in [5.41, 5.74) is 2.21. The summed E-state index contributed by atoms with van der Waals surface area (Å²) in [4.78, 5) is 28.2. The van der Waals surface area contributed by atoms with Gasteiger partial charge in [-0.15, -0.1) is 0 Å². The molecule has 2 aliphatic rings. The van der Waals surface area contributed by atoms with Crippen LogP contribution in [-0.2, 0) is 9.59 Å². The molecule has 6 heteroatoms. The molecule has 2 rings (SSSR count). The molecule has 2 heterocycles. The average Bonchev–Trinajstić information content (AvgIpc) is 2.54. The fourth-order valence-electron chi connectivity index (χ4n) is 3.51. The van der Waals surface area contributed by atoms with Crippen molar-refractivity contribution in [1.29, 1.82) is 0 Å². The highest BCUT2D eigenvalue weighted by Gasteiger charge is 2.29. The standard InChI is InChI=1S/C15H28N4O2/c1-2-13-5-3-4-8-19(13)11-14(20)18-9-6-12(7-10-18)15(21)17-16/h12-13H,2-11,16H2,1H3,(H,17,21). The number of nitrogens with two attached hydrogens (primary N) is 1. The fraction of sp³-hybridized carbons (Fsp3) is 0.867. The molecule has 2 aliphatic heterocycles. The molecule has 1 unspecified atom stereocenters. The Kier molecular flexibility index (Phi) is 5.99. The SMILES string of the molecule is CCC1CCCCN1CC(=O)N1CCC(C(=O)NN)CC1. The number of rotatable bonds is 4. The van der Waals surface area contributed by atoms with Gasteiger partial charge >= 0.3 is 0 Å². The first-order valence-electron chi connectivity index (χ1n) is 8.18. The van der Waals surface area contributed by atoms with Crippen molar-refractivity contribution in [3.8, 4) is 0 Å². The minimum Gasteiger partial charge on any atom is -0.342 e. The highest BCUT2D eigenvalue weighted by atomic mass is 16.2. The maximum Gasteiger partial charge on any atom is 0.237 e. The topological polar surface area (TPSA) is 78.7 Å². The molecule has 120 valence electrons. The van der Waals surface area contributed by atoms with Gasteiger partial charge in [0.1, 0.15) is 0 Å². The average molecular weight is 296 g/mol. The molecule has 0 radical (unpaired) electrons. The molecule has 2 amide bonds. The van der Waals surface area contributed by atoms with Gasteiger partial charge in [-0.2, -0.15) is 0 Å². The Morgan fingerprint density at radius 2 is 1.86 bits per heavy atom. The normalized spacial score (nSPS) is 24.9. The lowest BCUT2D eigenvalue weighted by Crippen LogP contribution is -2.49. The smallest absolute Gasteiger partial charge is 0.237 e. The van der Waals surface area contributed by atoms with Crippen LogP contribution in [0.4, 0.5) is 0 Å². The van der Waals surface area contributed by atoms with Crippen molar-refractivity contribution in [1.82, 2.24) is 15.2 Å². The maximum atomic E-state index is 12.4. The number of amides is 2. The van der Waals surface area contributed by atoms with E-state index in [1.807, 2.05) is 4.90 Å². The van der Waals surface area contributed by atoms with E-state index in [4.69, 9.17) is 5.84 Å². The predicted octanol–water partition coefficient (Wildman–Crippen LogP) is 0.479. The third kappa shape index (κ3) is 4.17. The van der Waals surface area contributed by atoms with Crippen LogP contribution < -0.4 is 11.3 Å². The molecule has 2 fully saturated rings. The van der Waals surface area contributed by atoms with Crippen molar-refractivity contribution < 1.29 is 9.59 Å². The lowest BCUT2D eigenvalue weighted by atomic mass is 9.96. The number of hydrogen-bond donors (Lipinski definition) is 2. The van der Waals surface area contributed by atoms with E-state index in [0.717, 1.165) is 13.0 Å². The highest BCUT2D eigenvalue weighted by molar-refractivity contribution is 5.80. The van der Waals surface area contributed by atoms with Crippen LogP contribution in [-0.4, -0.2) is 53.8 Å². The molecule has 21 heavy (non-hydrogen) atoms. The van der Waals surface area contributed by atoms with Crippen LogP contribution in [0.25, 0.3) is 0 Å². The van der Waals surface area contributed by atoms with Gasteiger partial charge in [0.05, 0.1) is 6.54 Å². The molecule has 0 aromatic carbocycles. The van der Waals surface area contributed by atoms with Crippen LogP contribution >= 0.6 is 0 Å². The molecule has 0 bridgehead atoms. The monoisotopic (exact) mass is 296 g/mol. The second-order valence-corrected chi connectivity index (χ2v) is 6.19. The van der Waals surface area contributed by atoms with Gasteiger partial charge in [-0.1, -0.05) is 13.3 Å². The number of nitrogens with zero attached hydrogens (tertiary/aromatic N) is 2. The summed E-state index contributed by atoms with van der Waals surface area (Å²) in [7, 11) is 0. The Morgan fingerprint density at radius 3 is 2.48 bits per heavy atom. The summed E-state index contributed by atoms with van der Waals surface area (Å²) in [5.74, 6) is 5.22. The van der Waals surface area contributed by atoms with Crippen molar-refractivity contribution in [3.63, 3.8) is 0 Å². The van der Waals surface area contributed by atoms with E-state index in [0.29, 0.717) is 38.5 Å². The number of nitrogens with one attached hydrogen (secondary N) is 1. The lowest BCUT2D eigenvalue weighted by molar-refractivity contribution is -0.137. The molecule has 2 saturated heterocycles. The first-order valence-corrected chi connectivity index (χ1v) is 8.18. The molecule has 3 N–H and O–H groups in total. The van der Waals surface area contributed by atoms with Crippen molar-refractivity contribution in [2.45, 2.75) is 51.5 Å². The number of likely N-dealkylation sites (tertiary alicyclic amines) is 2. The van der Waals surface area contributed by atoms with E-state index in [-0.39, 0.29) is 17.7 Å². The summed E-state index contributed by atoms with van der Waals surface area (Å²) in [6.45, 7) is 5.11. The molecular formula is C15H28N4O2. The van der Waals surface area contributed by atoms with E-state index in [9.17, 15) is 9.59 Å². The molecule has 0 aromatic heterocycles. The predicted molar refractivity (Wildman–Crippen MR) is 81.1 cm³/mol. The third-order valence-corrected chi connectivity index (χ3v) is 4.92. The number of carbonyl (C=O) groups excluding carboxylic acids is 2. The minimum atomic E-state index is -0.107. The Balaban J connectivity index is 1.80. The number of hydrogen-bond acceptors (Lipinski definition) is 4. The number of carbonyl (C=O) groups is 2. The highest BCUT2D eigenvalue weighted by Crippen LogP contribution is 2.21. The zero-order valence-corrected chi connectivity index (χ0v) is 13.0. The molecule has 6 nitrogen and oxygen atoms in total. The van der Waals surface area contributed by atoms with Gasteiger partial charge in [-0.05, 0) is 38.6 Å². The molecular weight excluding hydrogens is 268 g/mol. The lowest BCUT2D eigenvalue weighted by Gasteiger charge is -2.37. The van der Waals surface area contributed by atoms with Gasteiger partial charge in [-0.3, -0.25) is 19.9 Å². The second-order valence-electron chi connectivity index (χ2n) is 6.19. The van der Waals surface area contributed by atoms with Crippen LogP contribution in [0.1, 0.15) is 45.4 Å². The summed E-state index contributed by atoms with van der Waals surface area (Å²) in [6, 6.07) is 0.559. The summed E-state index contributed by atoms with van der Waals surface area (Å²) in [6.07, 6.45) is 6.23. The quantitative estimate of drug-likeness (QED) is 0.449. The Morgan fingerprint density at radius 1 is 1.14 bits per heavy atom. The van der Waals surface area contributed by atoms with E-state index in [1.54, 1.807) is 0 Å². The van der Waals surface area contributed by atoms with Crippen LogP contribution in [0, 0.1) is 5.92 Å². The molecule has 1 atom stereocenters. The van der Waals surface area contributed by atoms with Gasteiger partial charge < -0.3 is 4.90 Å². The Labute approximate surface area is 127 Å². The van der Waals surface area contributed by atoms with E-state index >= 15 is 0 Å². The van der Waals surface area contributed by atoms with E-state index < -0.39 is 0 Å². The van der Waals surface area contributed by atoms with Crippen LogP contribution in [0.3, 0.4) is 0 Å². The fourth-order valence-corrected chi connectivity index (χ4v) is 3.51. The second kappa shape index (κ2) is 7.75. The van der Waals surface area contributed by atoms with Crippen molar-refractivity contribution in [2.24, 2.45) is 11.8 Å². The zero-order valence-electron chi connectivity index (χ0n) is 13.0. The van der Waals surface area contributed by atoms with Gasteiger partial charge in [0, 0.05) is 25.0 Å². The van der Waals surface area contributed by atoms with Crippen molar-refractivity contribution >= 4 is 11.8 Å². The van der Waals surface area contributed by atoms with Gasteiger partial charge in [0.15, 0.2) is 0 Å². The Bertz CT molecular complexity index is 367. The minimum absolute atomic E-state index is 0.0440. The number of hydrazine groups is 1. The largest absolute Gasteiger partial charge is 0.342 e. The van der Waals surface area contributed by atoms with Crippen molar-refractivity contribution in [2.75, 3.05) is 26.2 Å². The van der Waals surface area contributed by atoms with Crippen LogP contribution in [0.2, 0.25) is 0 Å². The van der Waals surface area contributed by atoms with Crippen LogP contribution in [0.5, 0.6) is 0 Å². The number of piperidine rings is 2. The van der Waals surface area contributed by atoms with Gasteiger partial charge in [-0.25, -0.2) is 5.84 Å². The molecule has 0 aromatic rings. The van der Waals surface area contributed by atoms with Crippen LogP contribution in [0.15, 0.2) is 0 Å². The van der Waals surface area contributed by atoms with Gasteiger partial charge in [0.25, 0.3) is 0 Å². The van der Waals surface area contributed by atoms with Crippen molar-refractivity contribution in [3.05, 3.63) is 0 Å². The summed E-state index contributed by atoms with van der Waals surface area (Å²) in [5, 5.41) is 0. The molecule has 0 spiro atoms. The summed E-state index contributed by atoms with van der Waals surface area (Å²) >= 11 is 0. The molecule has 0 saturated carbocycles. The third-order valence-electron chi connectivity index (χ3n) is 4.92. The zero-order chi connectivity index (χ0) is 15.2. The first-order chi connectivity index (χ1) is 10.2. The van der Waals surface area contributed by atoms with Gasteiger partial charge in [0.2, 0.25) is 11.8 Å². The molecule has 0 aliphatic carbocycles. The van der Waals surface area contributed by atoms with E-state index in [2.05, 4.69) is 17.2 Å². The van der Waals surface area contributed by atoms with E-state index in [1.165, 1.54) is 19.3 Å².